The number of halogens is 1. The summed E-state index contributed by atoms with van der Waals surface area (Å²) in [5.74, 6) is -2.17. The molecule has 0 heterocycles. The van der Waals surface area contributed by atoms with E-state index < -0.39 is 17.9 Å². The third kappa shape index (κ3) is 5.17. The fraction of sp³-hybridized carbons (Fsp3) is 0.500. The molecule has 0 aliphatic heterocycles. The number of hydrogen-bond acceptors (Lipinski definition) is 2. The summed E-state index contributed by atoms with van der Waals surface area (Å²) in [6, 6.07) is 4.86. The van der Waals surface area contributed by atoms with Crippen LogP contribution in [0.25, 0.3) is 0 Å². The van der Waals surface area contributed by atoms with Crippen molar-refractivity contribution < 1.29 is 19.1 Å². The molecule has 0 saturated carbocycles. The molecule has 0 saturated heterocycles. The van der Waals surface area contributed by atoms with Gasteiger partial charge < -0.3 is 10.4 Å². The fourth-order valence-corrected chi connectivity index (χ4v) is 2.21. The lowest BCUT2D eigenvalue weighted by Crippen LogP contribution is -2.42. The van der Waals surface area contributed by atoms with E-state index in [2.05, 4.69) is 5.32 Å². The van der Waals surface area contributed by atoms with E-state index in [1.165, 1.54) is 12.1 Å². The molecule has 5 heteroatoms. The van der Waals surface area contributed by atoms with Gasteiger partial charge in [-0.05, 0) is 30.5 Å². The number of aliphatic carboxylic acids is 1. The quantitative estimate of drug-likeness (QED) is 0.774. The van der Waals surface area contributed by atoms with Crippen LogP contribution in [-0.2, 0) is 9.59 Å². The highest BCUT2D eigenvalue weighted by molar-refractivity contribution is 5.88. The highest BCUT2D eigenvalue weighted by Crippen LogP contribution is 2.20. The second kappa shape index (κ2) is 8.39. The SMILES string of the molecule is CCCC[C@H](NC(=O)C(CC)c1ccc(F)cc1)C(=O)O. The van der Waals surface area contributed by atoms with Crippen LogP contribution in [0.15, 0.2) is 24.3 Å². The first-order valence-electron chi connectivity index (χ1n) is 7.28. The maximum atomic E-state index is 12.9. The maximum absolute atomic E-state index is 12.9. The van der Waals surface area contributed by atoms with Crippen LogP contribution in [-0.4, -0.2) is 23.0 Å². The lowest BCUT2D eigenvalue weighted by Gasteiger charge is -2.19. The molecule has 0 spiro atoms. The largest absolute Gasteiger partial charge is 0.480 e. The molecule has 2 N–H and O–H groups in total. The van der Waals surface area contributed by atoms with Gasteiger partial charge in [0.25, 0.3) is 0 Å². The van der Waals surface area contributed by atoms with Crippen molar-refractivity contribution in [3.05, 3.63) is 35.6 Å². The number of unbranched alkanes of at least 4 members (excludes halogenated alkanes) is 1. The molecule has 0 aliphatic rings. The minimum Gasteiger partial charge on any atom is -0.480 e. The van der Waals surface area contributed by atoms with Gasteiger partial charge in [-0.1, -0.05) is 38.8 Å². The zero-order valence-corrected chi connectivity index (χ0v) is 12.4. The summed E-state index contributed by atoms with van der Waals surface area (Å²) >= 11 is 0. The molecule has 1 unspecified atom stereocenters. The maximum Gasteiger partial charge on any atom is 0.326 e. The standard InChI is InChI=1S/C16H22FNO3/c1-3-5-6-14(16(20)21)18-15(19)13(4-2)11-7-9-12(17)10-8-11/h7-10,13-14H,3-6H2,1-2H3,(H,18,19)(H,20,21)/t13?,14-/m0/s1. The van der Waals surface area contributed by atoms with Crippen LogP contribution < -0.4 is 5.32 Å². The zero-order chi connectivity index (χ0) is 15.8. The number of hydrogen-bond donors (Lipinski definition) is 2. The minimum absolute atomic E-state index is 0.326. The molecule has 0 fully saturated rings. The topological polar surface area (TPSA) is 66.4 Å². The van der Waals surface area contributed by atoms with Crippen LogP contribution in [0.3, 0.4) is 0 Å². The van der Waals surface area contributed by atoms with E-state index in [-0.39, 0.29) is 11.7 Å². The van der Waals surface area contributed by atoms with Crippen LogP contribution in [0.4, 0.5) is 4.39 Å². The predicted octanol–water partition coefficient (Wildman–Crippen LogP) is 3.08. The Labute approximate surface area is 124 Å². The van der Waals surface area contributed by atoms with Crippen molar-refractivity contribution in [2.75, 3.05) is 0 Å². The van der Waals surface area contributed by atoms with Crippen molar-refractivity contribution in [2.24, 2.45) is 0 Å². The summed E-state index contributed by atoms with van der Waals surface area (Å²) in [6.07, 6.45) is 2.55. The molecule has 0 radical (unpaired) electrons. The number of carbonyl (C=O) groups is 2. The third-order valence-electron chi connectivity index (χ3n) is 3.46. The van der Waals surface area contributed by atoms with E-state index in [4.69, 9.17) is 5.11 Å². The average Bonchev–Trinajstić information content (AvgIpc) is 2.46. The molecule has 2 atom stereocenters. The van der Waals surface area contributed by atoms with Gasteiger partial charge in [0.1, 0.15) is 11.9 Å². The molecular weight excluding hydrogens is 273 g/mol. The minimum atomic E-state index is -1.02. The van der Waals surface area contributed by atoms with Crippen LogP contribution in [0.1, 0.15) is 51.0 Å². The van der Waals surface area contributed by atoms with E-state index in [9.17, 15) is 14.0 Å². The van der Waals surface area contributed by atoms with Crippen molar-refractivity contribution in [3.8, 4) is 0 Å². The Balaban J connectivity index is 2.77. The Morgan fingerprint density at radius 3 is 2.33 bits per heavy atom. The Kier molecular flexibility index (Phi) is 6.85. The fourth-order valence-electron chi connectivity index (χ4n) is 2.21. The molecule has 116 valence electrons. The number of carbonyl (C=O) groups excluding carboxylic acids is 1. The highest BCUT2D eigenvalue weighted by atomic mass is 19.1. The van der Waals surface area contributed by atoms with Gasteiger partial charge in [-0.25, -0.2) is 9.18 Å². The smallest absolute Gasteiger partial charge is 0.326 e. The van der Waals surface area contributed by atoms with E-state index in [1.54, 1.807) is 12.1 Å². The van der Waals surface area contributed by atoms with Crippen molar-refractivity contribution in [1.82, 2.24) is 5.32 Å². The molecule has 1 amide bonds. The van der Waals surface area contributed by atoms with Gasteiger partial charge in [0, 0.05) is 0 Å². The summed E-state index contributed by atoms with van der Waals surface area (Å²) < 4.78 is 12.9. The van der Waals surface area contributed by atoms with Gasteiger partial charge in [-0.15, -0.1) is 0 Å². The Hall–Kier alpha value is -1.91. The van der Waals surface area contributed by atoms with Crippen molar-refractivity contribution >= 4 is 11.9 Å². The summed E-state index contributed by atoms with van der Waals surface area (Å²) in [5, 5.41) is 11.7. The lowest BCUT2D eigenvalue weighted by atomic mass is 9.95. The van der Waals surface area contributed by atoms with Crippen molar-refractivity contribution in [2.45, 2.75) is 51.5 Å². The first-order chi connectivity index (χ1) is 9.99. The van der Waals surface area contributed by atoms with Crippen LogP contribution in [0.5, 0.6) is 0 Å². The summed E-state index contributed by atoms with van der Waals surface area (Å²) in [7, 11) is 0. The lowest BCUT2D eigenvalue weighted by molar-refractivity contribution is -0.142. The van der Waals surface area contributed by atoms with Crippen molar-refractivity contribution in [1.29, 1.82) is 0 Å². The molecule has 21 heavy (non-hydrogen) atoms. The summed E-state index contributed by atoms with van der Waals surface area (Å²) in [6.45, 7) is 3.81. The zero-order valence-electron chi connectivity index (χ0n) is 12.4. The second-order valence-corrected chi connectivity index (χ2v) is 5.05. The Bertz CT molecular complexity index is 473. The Morgan fingerprint density at radius 2 is 1.86 bits per heavy atom. The number of carboxylic acid groups (broad SMARTS) is 1. The van der Waals surface area contributed by atoms with E-state index >= 15 is 0 Å². The first-order valence-corrected chi connectivity index (χ1v) is 7.28. The van der Waals surface area contributed by atoms with E-state index in [0.717, 1.165) is 12.8 Å². The monoisotopic (exact) mass is 295 g/mol. The highest BCUT2D eigenvalue weighted by Gasteiger charge is 2.24. The van der Waals surface area contributed by atoms with Gasteiger partial charge in [0.2, 0.25) is 5.91 Å². The molecule has 0 aliphatic carbocycles. The van der Waals surface area contributed by atoms with Gasteiger partial charge >= 0.3 is 5.97 Å². The average molecular weight is 295 g/mol. The van der Waals surface area contributed by atoms with Crippen LogP contribution in [0.2, 0.25) is 0 Å². The third-order valence-corrected chi connectivity index (χ3v) is 3.46. The van der Waals surface area contributed by atoms with Crippen LogP contribution >= 0.6 is 0 Å². The summed E-state index contributed by atoms with van der Waals surface area (Å²) in [5.41, 5.74) is 0.691. The second-order valence-electron chi connectivity index (χ2n) is 5.05. The molecular formula is C16H22FNO3. The van der Waals surface area contributed by atoms with Gasteiger partial charge in [0.15, 0.2) is 0 Å². The van der Waals surface area contributed by atoms with E-state index in [0.29, 0.717) is 18.4 Å². The number of carboxylic acids is 1. The normalized spacial score (nSPS) is 13.5. The van der Waals surface area contributed by atoms with Gasteiger partial charge in [-0.2, -0.15) is 0 Å². The Morgan fingerprint density at radius 1 is 1.24 bits per heavy atom. The molecule has 1 aromatic carbocycles. The number of nitrogens with one attached hydrogen (secondary N) is 1. The van der Waals surface area contributed by atoms with E-state index in [1.807, 2.05) is 13.8 Å². The molecule has 1 rings (SSSR count). The molecule has 4 nitrogen and oxygen atoms in total. The summed E-state index contributed by atoms with van der Waals surface area (Å²) in [4.78, 5) is 23.4. The molecule has 0 aromatic heterocycles. The van der Waals surface area contributed by atoms with Crippen LogP contribution in [0, 0.1) is 5.82 Å². The molecule has 0 bridgehead atoms. The first kappa shape index (κ1) is 17.1. The van der Waals surface area contributed by atoms with Gasteiger partial charge in [-0.3, -0.25) is 4.79 Å². The van der Waals surface area contributed by atoms with Crippen molar-refractivity contribution in [3.63, 3.8) is 0 Å². The molecule has 1 aromatic rings. The number of benzene rings is 1. The number of rotatable bonds is 8. The predicted molar refractivity (Wildman–Crippen MR) is 78.5 cm³/mol. The van der Waals surface area contributed by atoms with Gasteiger partial charge in [0.05, 0.1) is 5.92 Å². The number of amides is 1.